The van der Waals surface area contributed by atoms with Gasteiger partial charge >= 0.3 is 0 Å². The van der Waals surface area contributed by atoms with Crippen LogP contribution in [0.15, 0.2) is 41.0 Å². The molecular weight excluding hydrogens is 205 g/mol. The molecule has 1 heterocycles. The molecule has 84 valence electrons. The molecule has 1 aromatic heterocycles. The second-order valence-electron chi connectivity index (χ2n) is 3.84. The highest BCUT2D eigenvalue weighted by Crippen LogP contribution is 2.22. The van der Waals surface area contributed by atoms with E-state index < -0.39 is 0 Å². The zero-order valence-corrected chi connectivity index (χ0v) is 9.33. The van der Waals surface area contributed by atoms with E-state index in [-0.39, 0.29) is 11.9 Å². The number of rotatable bonds is 3. The Morgan fingerprint density at radius 2 is 2.12 bits per heavy atom. The van der Waals surface area contributed by atoms with Crippen LogP contribution in [0.25, 0.3) is 0 Å². The summed E-state index contributed by atoms with van der Waals surface area (Å²) in [6.45, 7) is 3.88. The Hall–Kier alpha value is -1.77. The molecule has 0 radical (unpaired) electrons. The maximum Gasteiger partial charge on any atom is 0.125 e. The molecule has 1 aromatic carbocycles. The Morgan fingerprint density at radius 3 is 2.75 bits per heavy atom. The summed E-state index contributed by atoms with van der Waals surface area (Å²) in [5, 5.41) is 3.28. The zero-order valence-electron chi connectivity index (χ0n) is 9.33. The number of benzene rings is 1. The molecule has 1 atom stereocenters. The van der Waals surface area contributed by atoms with Gasteiger partial charge in [-0.05, 0) is 49.7 Å². The van der Waals surface area contributed by atoms with Crippen molar-refractivity contribution in [2.75, 3.05) is 5.32 Å². The van der Waals surface area contributed by atoms with Gasteiger partial charge in [0.05, 0.1) is 12.3 Å². The van der Waals surface area contributed by atoms with Crippen LogP contribution in [-0.2, 0) is 0 Å². The molecule has 0 saturated carbocycles. The van der Waals surface area contributed by atoms with E-state index in [0.29, 0.717) is 0 Å². The Bertz CT molecular complexity index is 465. The Balaban J connectivity index is 2.15. The van der Waals surface area contributed by atoms with Gasteiger partial charge in [0.15, 0.2) is 0 Å². The molecule has 0 saturated heterocycles. The van der Waals surface area contributed by atoms with Crippen molar-refractivity contribution in [1.82, 2.24) is 0 Å². The lowest BCUT2D eigenvalue weighted by Crippen LogP contribution is -2.06. The SMILES string of the molecule is Cc1cc(F)ccc1NC(C)c1ccco1. The summed E-state index contributed by atoms with van der Waals surface area (Å²) < 4.78 is 18.2. The molecule has 0 spiro atoms. The third-order valence-corrected chi connectivity index (χ3v) is 2.53. The van der Waals surface area contributed by atoms with Crippen LogP contribution in [0.4, 0.5) is 10.1 Å². The number of nitrogens with one attached hydrogen (secondary N) is 1. The van der Waals surface area contributed by atoms with Crippen LogP contribution in [0.5, 0.6) is 0 Å². The number of furan rings is 1. The van der Waals surface area contributed by atoms with Crippen LogP contribution < -0.4 is 5.32 Å². The molecule has 0 fully saturated rings. The first kappa shape index (κ1) is 10.7. The van der Waals surface area contributed by atoms with Gasteiger partial charge in [-0.2, -0.15) is 0 Å². The molecule has 2 nitrogen and oxygen atoms in total. The van der Waals surface area contributed by atoms with Gasteiger partial charge in [0.1, 0.15) is 11.6 Å². The molecule has 0 bridgehead atoms. The van der Waals surface area contributed by atoms with E-state index in [2.05, 4.69) is 5.32 Å². The van der Waals surface area contributed by atoms with E-state index in [1.54, 1.807) is 12.3 Å². The number of hydrogen-bond donors (Lipinski definition) is 1. The van der Waals surface area contributed by atoms with Gasteiger partial charge in [-0.25, -0.2) is 4.39 Å². The molecule has 1 N–H and O–H groups in total. The lowest BCUT2D eigenvalue weighted by Gasteiger charge is -2.14. The van der Waals surface area contributed by atoms with Crippen molar-refractivity contribution in [3.8, 4) is 0 Å². The van der Waals surface area contributed by atoms with Gasteiger partial charge in [0.25, 0.3) is 0 Å². The number of halogens is 1. The van der Waals surface area contributed by atoms with E-state index in [1.165, 1.54) is 12.1 Å². The van der Waals surface area contributed by atoms with E-state index in [1.807, 2.05) is 26.0 Å². The van der Waals surface area contributed by atoms with Crippen LogP contribution in [0, 0.1) is 12.7 Å². The highest BCUT2D eigenvalue weighted by Gasteiger charge is 2.09. The maximum atomic E-state index is 12.9. The van der Waals surface area contributed by atoms with Crippen LogP contribution in [0.1, 0.15) is 24.3 Å². The minimum Gasteiger partial charge on any atom is -0.467 e. The van der Waals surface area contributed by atoms with E-state index >= 15 is 0 Å². The van der Waals surface area contributed by atoms with Crippen molar-refractivity contribution in [1.29, 1.82) is 0 Å². The van der Waals surface area contributed by atoms with Gasteiger partial charge in [0, 0.05) is 5.69 Å². The predicted molar refractivity (Wildman–Crippen MR) is 61.9 cm³/mol. The Labute approximate surface area is 94.1 Å². The zero-order chi connectivity index (χ0) is 11.5. The van der Waals surface area contributed by atoms with Crippen LogP contribution in [0.2, 0.25) is 0 Å². The lowest BCUT2D eigenvalue weighted by molar-refractivity contribution is 0.490. The van der Waals surface area contributed by atoms with E-state index in [4.69, 9.17) is 4.42 Å². The minimum atomic E-state index is -0.214. The van der Waals surface area contributed by atoms with Crippen LogP contribution in [-0.4, -0.2) is 0 Å². The lowest BCUT2D eigenvalue weighted by atomic mass is 10.1. The van der Waals surface area contributed by atoms with Crippen LogP contribution in [0.3, 0.4) is 0 Å². The minimum absolute atomic E-state index is 0.0687. The quantitative estimate of drug-likeness (QED) is 0.846. The molecule has 0 aliphatic heterocycles. The fourth-order valence-corrected chi connectivity index (χ4v) is 1.63. The van der Waals surface area contributed by atoms with Crippen molar-refractivity contribution < 1.29 is 8.81 Å². The smallest absolute Gasteiger partial charge is 0.125 e. The highest BCUT2D eigenvalue weighted by atomic mass is 19.1. The summed E-state index contributed by atoms with van der Waals surface area (Å²) >= 11 is 0. The van der Waals surface area contributed by atoms with Gasteiger partial charge in [-0.1, -0.05) is 0 Å². The molecule has 0 aliphatic carbocycles. The van der Waals surface area contributed by atoms with Crippen LogP contribution >= 0.6 is 0 Å². The molecule has 0 aliphatic rings. The van der Waals surface area contributed by atoms with Gasteiger partial charge in [0.2, 0.25) is 0 Å². The highest BCUT2D eigenvalue weighted by molar-refractivity contribution is 5.51. The predicted octanol–water partition coefficient (Wildman–Crippen LogP) is 3.90. The normalized spacial score (nSPS) is 12.4. The first-order valence-corrected chi connectivity index (χ1v) is 5.23. The van der Waals surface area contributed by atoms with Gasteiger partial charge in [-0.15, -0.1) is 0 Å². The Kier molecular flexibility index (Phi) is 2.95. The summed E-state index contributed by atoms with van der Waals surface area (Å²) in [6.07, 6.45) is 1.64. The summed E-state index contributed by atoms with van der Waals surface area (Å²) in [5.74, 6) is 0.650. The third kappa shape index (κ3) is 2.24. The second kappa shape index (κ2) is 4.39. The largest absolute Gasteiger partial charge is 0.467 e. The molecule has 3 heteroatoms. The standard InChI is InChI=1S/C13H14FNO/c1-9-8-11(14)5-6-12(9)15-10(2)13-4-3-7-16-13/h3-8,10,15H,1-2H3. The maximum absolute atomic E-state index is 12.9. The third-order valence-electron chi connectivity index (χ3n) is 2.53. The van der Waals surface area contributed by atoms with Crippen molar-refractivity contribution >= 4 is 5.69 Å². The van der Waals surface area contributed by atoms with Crippen molar-refractivity contribution in [3.05, 3.63) is 53.7 Å². The summed E-state index contributed by atoms with van der Waals surface area (Å²) in [5.41, 5.74) is 1.81. The fourth-order valence-electron chi connectivity index (χ4n) is 1.63. The number of aryl methyl sites for hydroxylation is 1. The van der Waals surface area contributed by atoms with E-state index in [9.17, 15) is 4.39 Å². The van der Waals surface area contributed by atoms with Crippen molar-refractivity contribution in [2.24, 2.45) is 0 Å². The average molecular weight is 219 g/mol. The first-order valence-electron chi connectivity index (χ1n) is 5.23. The number of anilines is 1. The summed E-state index contributed by atoms with van der Waals surface area (Å²) in [7, 11) is 0. The molecule has 2 rings (SSSR count). The van der Waals surface area contributed by atoms with Crippen molar-refractivity contribution in [2.45, 2.75) is 19.9 Å². The molecule has 2 aromatic rings. The first-order chi connectivity index (χ1) is 7.66. The fraction of sp³-hybridized carbons (Fsp3) is 0.231. The molecule has 16 heavy (non-hydrogen) atoms. The van der Waals surface area contributed by atoms with Gasteiger partial charge < -0.3 is 9.73 Å². The molecule has 1 unspecified atom stereocenters. The average Bonchev–Trinajstić information content (AvgIpc) is 2.75. The second-order valence-corrected chi connectivity index (χ2v) is 3.84. The molecular formula is C13H14FNO. The number of hydrogen-bond acceptors (Lipinski definition) is 2. The Morgan fingerprint density at radius 1 is 1.31 bits per heavy atom. The van der Waals surface area contributed by atoms with E-state index in [0.717, 1.165) is 17.0 Å². The molecule has 0 amide bonds. The summed E-state index contributed by atoms with van der Waals surface area (Å²) in [4.78, 5) is 0. The van der Waals surface area contributed by atoms with Crippen molar-refractivity contribution in [3.63, 3.8) is 0 Å². The summed E-state index contributed by atoms with van der Waals surface area (Å²) in [6, 6.07) is 8.53. The monoisotopic (exact) mass is 219 g/mol. The topological polar surface area (TPSA) is 25.2 Å². The van der Waals surface area contributed by atoms with Gasteiger partial charge in [-0.3, -0.25) is 0 Å².